The second-order valence-corrected chi connectivity index (χ2v) is 7.89. The summed E-state index contributed by atoms with van der Waals surface area (Å²) in [5.41, 5.74) is 4.03. The molecule has 1 aromatic heterocycles. The summed E-state index contributed by atoms with van der Waals surface area (Å²) in [5, 5.41) is 0. The van der Waals surface area contributed by atoms with Gasteiger partial charge in [0.2, 0.25) is 5.91 Å². The van der Waals surface area contributed by atoms with E-state index in [1.54, 1.807) is 10.6 Å². The summed E-state index contributed by atoms with van der Waals surface area (Å²) in [6.45, 7) is 7.19. The van der Waals surface area contributed by atoms with Crippen LogP contribution >= 0.6 is 0 Å². The number of carbonyl (C=O) groups excluding carboxylic acids is 1. The SMILES string of the molecule is Cc1cccc(C[NH+]2CCN(C(=O)CCCn3c(=O)oc4ccccc43)CC2)c1. The summed E-state index contributed by atoms with van der Waals surface area (Å²) in [6.07, 6.45) is 1.10. The highest BCUT2D eigenvalue weighted by Gasteiger charge is 2.23. The van der Waals surface area contributed by atoms with Gasteiger partial charge in [-0.05, 0) is 25.5 Å². The molecule has 2 heterocycles. The fourth-order valence-corrected chi connectivity index (χ4v) is 4.13. The van der Waals surface area contributed by atoms with Gasteiger partial charge in [-0.2, -0.15) is 0 Å². The van der Waals surface area contributed by atoms with E-state index in [1.807, 2.05) is 23.1 Å². The lowest BCUT2D eigenvalue weighted by Gasteiger charge is -2.32. The second kappa shape index (κ2) is 8.66. The molecule has 1 aliphatic rings. The number of nitrogens with zero attached hydrogens (tertiary/aromatic N) is 2. The fourth-order valence-electron chi connectivity index (χ4n) is 4.13. The Labute approximate surface area is 170 Å². The largest absolute Gasteiger partial charge is 0.419 e. The molecule has 3 aromatic rings. The molecule has 1 fully saturated rings. The zero-order chi connectivity index (χ0) is 20.2. The number of quaternary nitrogens is 1. The molecule has 0 aliphatic carbocycles. The number of oxazole rings is 1. The maximum Gasteiger partial charge on any atom is 0.419 e. The van der Waals surface area contributed by atoms with Crippen LogP contribution in [0.1, 0.15) is 24.0 Å². The second-order valence-electron chi connectivity index (χ2n) is 7.89. The molecule has 2 aromatic carbocycles. The molecule has 0 bridgehead atoms. The molecule has 0 radical (unpaired) electrons. The van der Waals surface area contributed by atoms with Crippen LogP contribution < -0.4 is 10.7 Å². The molecule has 0 atom stereocenters. The van der Waals surface area contributed by atoms with Gasteiger partial charge in [-0.25, -0.2) is 4.79 Å². The van der Waals surface area contributed by atoms with Crippen LogP contribution in [0.15, 0.2) is 57.7 Å². The number of amides is 1. The molecule has 1 aliphatic heterocycles. The molecular formula is C23H28N3O3+. The molecular weight excluding hydrogens is 366 g/mol. The Kier molecular flexibility index (Phi) is 5.81. The lowest BCUT2D eigenvalue weighted by atomic mass is 10.1. The summed E-state index contributed by atoms with van der Waals surface area (Å²) < 4.78 is 6.87. The highest BCUT2D eigenvalue weighted by Crippen LogP contribution is 2.12. The van der Waals surface area contributed by atoms with Gasteiger partial charge in [0.05, 0.1) is 31.7 Å². The van der Waals surface area contributed by atoms with Crippen molar-refractivity contribution in [3.8, 4) is 0 Å². The first kappa shape index (κ1) is 19.5. The first-order chi connectivity index (χ1) is 14.1. The lowest BCUT2D eigenvalue weighted by molar-refractivity contribution is -0.917. The third-order valence-corrected chi connectivity index (χ3v) is 5.71. The summed E-state index contributed by atoms with van der Waals surface area (Å²) in [7, 11) is 0. The number of fused-ring (bicyclic) bond motifs is 1. The summed E-state index contributed by atoms with van der Waals surface area (Å²) in [6, 6.07) is 16.0. The number of para-hydroxylation sites is 2. The fraction of sp³-hybridized carbons (Fsp3) is 0.391. The maximum atomic E-state index is 12.6. The maximum absolute atomic E-state index is 12.6. The highest BCUT2D eigenvalue weighted by atomic mass is 16.4. The van der Waals surface area contributed by atoms with Crippen molar-refractivity contribution < 1.29 is 14.1 Å². The zero-order valence-electron chi connectivity index (χ0n) is 16.9. The van der Waals surface area contributed by atoms with Crippen molar-refractivity contribution in [3.05, 3.63) is 70.2 Å². The number of nitrogens with one attached hydrogen (secondary N) is 1. The molecule has 6 heteroatoms. The van der Waals surface area contributed by atoms with E-state index >= 15 is 0 Å². The Morgan fingerprint density at radius 2 is 1.90 bits per heavy atom. The quantitative estimate of drug-likeness (QED) is 0.691. The smallest absolute Gasteiger partial charge is 0.408 e. The molecule has 1 amide bonds. The Hall–Kier alpha value is -2.86. The van der Waals surface area contributed by atoms with Gasteiger partial charge < -0.3 is 14.2 Å². The molecule has 0 spiro atoms. The van der Waals surface area contributed by atoms with E-state index in [0.29, 0.717) is 25.0 Å². The van der Waals surface area contributed by atoms with Crippen LogP contribution in [0.3, 0.4) is 0 Å². The topological polar surface area (TPSA) is 59.9 Å². The number of hydrogen-bond donors (Lipinski definition) is 1. The van der Waals surface area contributed by atoms with Crippen LogP contribution in [0, 0.1) is 6.92 Å². The van der Waals surface area contributed by atoms with Crippen molar-refractivity contribution >= 4 is 17.0 Å². The Bertz CT molecular complexity index is 1040. The van der Waals surface area contributed by atoms with Gasteiger partial charge in [0.25, 0.3) is 0 Å². The van der Waals surface area contributed by atoms with Gasteiger partial charge in [0.1, 0.15) is 6.54 Å². The van der Waals surface area contributed by atoms with E-state index in [-0.39, 0.29) is 11.7 Å². The van der Waals surface area contributed by atoms with E-state index < -0.39 is 0 Å². The van der Waals surface area contributed by atoms with Gasteiger partial charge >= 0.3 is 5.76 Å². The van der Waals surface area contributed by atoms with Crippen molar-refractivity contribution in [3.63, 3.8) is 0 Å². The van der Waals surface area contributed by atoms with Gasteiger partial charge in [0, 0.05) is 18.5 Å². The Morgan fingerprint density at radius 1 is 1.10 bits per heavy atom. The van der Waals surface area contributed by atoms with Gasteiger partial charge in [0.15, 0.2) is 5.58 Å². The average molecular weight is 394 g/mol. The van der Waals surface area contributed by atoms with Crippen LogP contribution in [0.5, 0.6) is 0 Å². The minimum Gasteiger partial charge on any atom is -0.408 e. The van der Waals surface area contributed by atoms with E-state index in [9.17, 15) is 9.59 Å². The monoisotopic (exact) mass is 394 g/mol. The summed E-state index contributed by atoms with van der Waals surface area (Å²) in [4.78, 5) is 28.1. The van der Waals surface area contributed by atoms with Crippen molar-refractivity contribution in [2.75, 3.05) is 26.2 Å². The number of piperazine rings is 1. The van der Waals surface area contributed by atoms with E-state index in [2.05, 4.69) is 31.2 Å². The molecule has 0 unspecified atom stereocenters. The predicted octanol–water partition coefficient (Wildman–Crippen LogP) is 1.61. The molecule has 4 rings (SSSR count). The third kappa shape index (κ3) is 4.59. The molecule has 29 heavy (non-hydrogen) atoms. The lowest BCUT2D eigenvalue weighted by Crippen LogP contribution is -3.13. The minimum absolute atomic E-state index is 0.181. The van der Waals surface area contributed by atoms with Gasteiger partial charge in [-0.1, -0.05) is 42.0 Å². The number of benzene rings is 2. The van der Waals surface area contributed by atoms with E-state index in [1.165, 1.54) is 16.0 Å². The summed E-state index contributed by atoms with van der Waals surface area (Å²) >= 11 is 0. The number of aryl methyl sites for hydroxylation is 2. The van der Waals surface area contributed by atoms with Crippen LogP contribution in [-0.4, -0.2) is 41.6 Å². The first-order valence-electron chi connectivity index (χ1n) is 10.4. The highest BCUT2D eigenvalue weighted by molar-refractivity contribution is 5.76. The standard InChI is InChI=1S/C23H27N3O3/c1-18-6-4-7-19(16-18)17-24-12-14-25(15-13-24)22(27)10-5-11-26-20-8-2-3-9-21(20)29-23(26)28/h2-4,6-9,16H,5,10-15,17H2,1H3/p+1. The summed E-state index contributed by atoms with van der Waals surface area (Å²) in [5.74, 6) is -0.174. The van der Waals surface area contributed by atoms with Crippen LogP contribution in [0.4, 0.5) is 0 Å². The Morgan fingerprint density at radius 3 is 2.69 bits per heavy atom. The number of hydrogen-bond acceptors (Lipinski definition) is 3. The number of aromatic nitrogens is 1. The third-order valence-electron chi connectivity index (χ3n) is 5.71. The van der Waals surface area contributed by atoms with Crippen molar-refractivity contribution in [1.82, 2.24) is 9.47 Å². The first-order valence-corrected chi connectivity index (χ1v) is 10.4. The van der Waals surface area contributed by atoms with E-state index in [0.717, 1.165) is 38.2 Å². The molecule has 152 valence electrons. The number of rotatable bonds is 6. The van der Waals surface area contributed by atoms with Crippen molar-refractivity contribution in [1.29, 1.82) is 0 Å². The average Bonchev–Trinajstić information content (AvgIpc) is 3.04. The van der Waals surface area contributed by atoms with Gasteiger partial charge in [-0.3, -0.25) is 9.36 Å². The predicted molar refractivity (Wildman–Crippen MR) is 112 cm³/mol. The molecule has 6 nitrogen and oxygen atoms in total. The Balaban J connectivity index is 1.25. The minimum atomic E-state index is -0.355. The molecule has 1 saturated heterocycles. The van der Waals surface area contributed by atoms with Crippen LogP contribution in [0.25, 0.3) is 11.1 Å². The van der Waals surface area contributed by atoms with E-state index in [4.69, 9.17) is 4.42 Å². The van der Waals surface area contributed by atoms with Gasteiger partial charge in [-0.15, -0.1) is 0 Å². The molecule has 1 N–H and O–H groups in total. The van der Waals surface area contributed by atoms with Crippen LogP contribution in [-0.2, 0) is 17.9 Å². The molecule has 0 saturated carbocycles. The zero-order valence-corrected chi connectivity index (χ0v) is 16.9. The van der Waals surface area contributed by atoms with Crippen molar-refractivity contribution in [2.24, 2.45) is 0 Å². The van der Waals surface area contributed by atoms with Crippen LogP contribution in [0.2, 0.25) is 0 Å². The van der Waals surface area contributed by atoms with Crippen molar-refractivity contribution in [2.45, 2.75) is 32.9 Å². The normalized spacial score (nSPS) is 15.1. The number of carbonyl (C=O) groups is 1.